The van der Waals surface area contributed by atoms with E-state index in [0.717, 1.165) is 0 Å². The molecule has 0 N–H and O–H groups in total. The number of carbonyl (C=O) groups excluding carboxylic acids is 1. The molecular formula is C16H17IO2. The lowest BCUT2D eigenvalue weighted by molar-refractivity contribution is -0.140. The van der Waals surface area contributed by atoms with Crippen LogP contribution >= 0.6 is 22.6 Å². The van der Waals surface area contributed by atoms with Crippen LogP contribution in [0.3, 0.4) is 0 Å². The minimum Gasteiger partial charge on any atom is -0.469 e. The molecule has 0 aromatic heterocycles. The topological polar surface area (TPSA) is 26.3 Å². The molecule has 0 saturated heterocycles. The first-order chi connectivity index (χ1) is 9.17. The number of methoxy groups -OCH3 is 1. The van der Waals surface area contributed by atoms with Crippen molar-refractivity contribution < 1.29 is 9.53 Å². The lowest BCUT2D eigenvalue weighted by Crippen LogP contribution is -1.94. The van der Waals surface area contributed by atoms with Crippen molar-refractivity contribution in [2.24, 2.45) is 0 Å². The fraction of sp³-hybridized carbons (Fsp3) is 0.188. The molecule has 0 aliphatic heterocycles. The van der Waals surface area contributed by atoms with E-state index in [-0.39, 0.29) is 5.97 Å². The number of carbonyl (C=O) groups is 1. The second-order valence-corrected chi connectivity index (χ2v) is 5.05. The maximum Gasteiger partial charge on any atom is 0.305 e. The van der Waals surface area contributed by atoms with E-state index in [4.69, 9.17) is 0 Å². The van der Waals surface area contributed by atoms with Crippen LogP contribution in [0.1, 0.15) is 13.3 Å². The van der Waals surface area contributed by atoms with Crippen molar-refractivity contribution >= 4 is 28.6 Å². The Morgan fingerprint density at radius 2 is 1.68 bits per heavy atom. The van der Waals surface area contributed by atoms with Crippen LogP contribution in [0.15, 0.2) is 54.6 Å². The number of hydrogen-bond donors (Lipinski definition) is 0. The van der Waals surface area contributed by atoms with Gasteiger partial charge in [-0.2, -0.15) is 0 Å². The van der Waals surface area contributed by atoms with Gasteiger partial charge >= 0.3 is 5.97 Å². The number of ether oxygens (including phenoxy) is 1. The molecule has 0 amide bonds. The molecule has 0 unspecified atom stereocenters. The van der Waals surface area contributed by atoms with E-state index in [1.54, 1.807) is 6.92 Å². The van der Waals surface area contributed by atoms with Crippen LogP contribution < -0.4 is 0 Å². The largest absolute Gasteiger partial charge is 0.469 e. The number of rotatable bonds is 2. The van der Waals surface area contributed by atoms with Crippen molar-refractivity contribution in [1.82, 2.24) is 0 Å². The fourth-order valence-electron chi connectivity index (χ4n) is 1.44. The summed E-state index contributed by atoms with van der Waals surface area (Å²) in [6, 6.07) is 18.9. The van der Waals surface area contributed by atoms with Crippen LogP contribution in [0, 0.1) is 3.57 Å². The molecule has 0 aliphatic carbocycles. The normalized spacial score (nSPS) is 9.21. The molecule has 0 bridgehead atoms. The molecule has 0 saturated carbocycles. The zero-order valence-electron chi connectivity index (χ0n) is 11.1. The van der Waals surface area contributed by atoms with E-state index in [0.29, 0.717) is 6.42 Å². The Morgan fingerprint density at radius 3 is 2.16 bits per heavy atom. The molecule has 0 heterocycles. The van der Waals surface area contributed by atoms with Crippen molar-refractivity contribution in [1.29, 1.82) is 0 Å². The summed E-state index contributed by atoms with van der Waals surface area (Å²) in [5.41, 5.74) is 2.56. The standard InChI is InChI=1S/C12H9I.C4H8O2/c13-12-8-4-7-11(9-12)10-5-2-1-3-6-10;1-3-4(5)6-2/h1-9H;3H2,1-2H3. The zero-order chi connectivity index (χ0) is 14.1. The Kier molecular flexibility index (Phi) is 7.18. The van der Waals surface area contributed by atoms with Gasteiger partial charge in [0.25, 0.3) is 0 Å². The van der Waals surface area contributed by atoms with Crippen molar-refractivity contribution in [2.45, 2.75) is 13.3 Å². The van der Waals surface area contributed by atoms with Gasteiger partial charge < -0.3 is 4.74 Å². The van der Waals surface area contributed by atoms with E-state index in [1.807, 2.05) is 6.07 Å². The lowest BCUT2D eigenvalue weighted by Gasteiger charge is -2.00. The predicted molar refractivity (Wildman–Crippen MR) is 86.9 cm³/mol. The zero-order valence-corrected chi connectivity index (χ0v) is 13.3. The van der Waals surface area contributed by atoms with Crippen LogP contribution in [0.2, 0.25) is 0 Å². The van der Waals surface area contributed by atoms with Gasteiger partial charge in [-0.25, -0.2) is 0 Å². The number of esters is 1. The number of hydrogen-bond acceptors (Lipinski definition) is 2. The van der Waals surface area contributed by atoms with Gasteiger partial charge in [-0.3, -0.25) is 4.79 Å². The number of halogens is 1. The molecule has 0 atom stereocenters. The number of benzene rings is 2. The van der Waals surface area contributed by atoms with Crippen molar-refractivity contribution in [3.8, 4) is 11.1 Å². The van der Waals surface area contributed by atoms with Crippen LogP contribution in [0.25, 0.3) is 11.1 Å². The average molecular weight is 368 g/mol. The van der Waals surface area contributed by atoms with E-state index >= 15 is 0 Å². The van der Waals surface area contributed by atoms with E-state index in [9.17, 15) is 4.79 Å². The maximum absolute atomic E-state index is 9.96. The summed E-state index contributed by atoms with van der Waals surface area (Å²) in [6.07, 6.45) is 0.469. The summed E-state index contributed by atoms with van der Waals surface area (Å²) < 4.78 is 5.54. The van der Waals surface area contributed by atoms with Crippen LogP contribution in [-0.4, -0.2) is 13.1 Å². The minimum absolute atomic E-state index is 0.157. The molecule has 0 aliphatic rings. The molecule has 3 heteroatoms. The Hall–Kier alpha value is -1.36. The summed E-state index contributed by atoms with van der Waals surface area (Å²) in [5.74, 6) is -0.157. The molecule has 0 spiro atoms. The third-order valence-electron chi connectivity index (χ3n) is 2.45. The summed E-state index contributed by atoms with van der Waals surface area (Å²) in [4.78, 5) is 9.96. The molecule has 2 aromatic rings. The monoisotopic (exact) mass is 368 g/mol. The Bertz CT molecular complexity index is 503. The van der Waals surface area contributed by atoms with Crippen molar-refractivity contribution in [3.05, 3.63) is 58.2 Å². The summed E-state index contributed by atoms with van der Waals surface area (Å²) in [7, 11) is 1.38. The summed E-state index contributed by atoms with van der Waals surface area (Å²) >= 11 is 2.33. The third-order valence-corrected chi connectivity index (χ3v) is 3.12. The van der Waals surface area contributed by atoms with Gasteiger partial charge in [0.15, 0.2) is 0 Å². The van der Waals surface area contributed by atoms with Gasteiger partial charge in [0.1, 0.15) is 0 Å². The quantitative estimate of drug-likeness (QED) is 0.575. The lowest BCUT2D eigenvalue weighted by atomic mass is 10.1. The second kappa shape index (κ2) is 8.69. The first-order valence-corrected chi connectivity index (χ1v) is 7.13. The van der Waals surface area contributed by atoms with E-state index in [1.165, 1.54) is 21.8 Å². The van der Waals surface area contributed by atoms with E-state index < -0.39 is 0 Å². The Morgan fingerprint density at radius 1 is 1.05 bits per heavy atom. The Labute approximate surface area is 127 Å². The highest BCUT2D eigenvalue weighted by atomic mass is 127. The molecule has 19 heavy (non-hydrogen) atoms. The molecule has 0 fully saturated rings. The van der Waals surface area contributed by atoms with Crippen molar-refractivity contribution in [3.63, 3.8) is 0 Å². The predicted octanol–water partition coefficient (Wildman–Crippen LogP) is 4.53. The van der Waals surface area contributed by atoms with Gasteiger partial charge in [0.05, 0.1) is 7.11 Å². The highest BCUT2D eigenvalue weighted by Crippen LogP contribution is 2.20. The third kappa shape index (κ3) is 5.87. The smallest absolute Gasteiger partial charge is 0.305 e. The molecular weight excluding hydrogens is 351 g/mol. The Balaban J connectivity index is 0.000000258. The first kappa shape index (κ1) is 15.7. The summed E-state index contributed by atoms with van der Waals surface area (Å²) in [6.45, 7) is 1.76. The fourth-order valence-corrected chi connectivity index (χ4v) is 1.99. The van der Waals surface area contributed by atoms with Crippen molar-refractivity contribution in [2.75, 3.05) is 7.11 Å². The molecule has 100 valence electrons. The maximum atomic E-state index is 9.96. The van der Waals surface area contributed by atoms with Gasteiger partial charge in [0, 0.05) is 9.99 Å². The minimum atomic E-state index is -0.157. The molecule has 2 aromatic carbocycles. The SMILES string of the molecule is CCC(=O)OC.Ic1cccc(-c2ccccc2)c1. The molecule has 2 rings (SSSR count). The average Bonchev–Trinajstić information content (AvgIpc) is 2.48. The highest BCUT2D eigenvalue weighted by Gasteiger charge is 1.95. The van der Waals surface area contributed by atoms with Crippen LogP contribution in [-0.2, 0) is 9.53 Å². The van der Waals surface area contributed by atoms with Gasteiger partial charge in [-0.15, -0.1) is 0 Å². The highest BCUT2D eigenvalue weighted by molar-refractivity contribution is 14.1. The second-order valence-electron chi connectivity index (χ2n) is 3.81. The van der Waals surface area contributed by atoms with Crippen LogP contribution in [0.4, 0.5) is 0 Å². The van der Waals surface area contributed by atoms with Gasteiger partial charge in [0.2, 0.25) is 0 Å². The van der Waals surface area contributed by atoms with Crippen LogP contribution in [0.5, 0.6) is 0 Å². The van der Waals surface area contributed by atoms with E-state index in [2.05, 4.69) is 75.9 Å². The van der Waals surface area contributed by atoms with Gasteiger partial charge in [-0.05, 0) is 45.9 Å². The molecule has 2 nitrogen and oxygen atoms in total. The first-order valence-electron chi connectivity index (χ1n) is 6.05. The molecule has 0 radical (unpaired) electrons. The van der Waals surface area contributed by atoms with Gasteiger partial charge in [-0.1, -0.05) is 49.4 Å². The summed E-state index contributed by atoms with van der Waals surface area (Å²) in [5, 5.41) is 0.